The Morgan fingerprint density at radius 3 is 2.18 bits per heavy atom. The van der Waals surface area contributed by atoms with E-state index >= 15 is 0 Å². The highest BCUT2D eigenvalue weighted by Gasteiger charge is 2.17. The lowest BCUT2D eigenvalue weighted by Crippen LogP contribution is -2.28. The Morgan fingerprint density at radius 2 is 1.67 bits per heavy atom. The van der Waals surface area contributed by atoms with Crippen LogP contribution in [-0.4, -0.2) is 53.8 Å². The lowest BCUT2D eigenvalue weighted by Gasteiger charge is -2.21. The van der Waals surface area contributed by atoms with E-state index in [0.717, 1.165) is 54.9 Å². The zero-order valence-corrected chi connectivity index (χ0v) is 22.7. The third-order valence-electron chi connectivity index (χ3n) is 6.23. The van der Waals surface area contributed by atoms with E-state index in [4.69, 9.17) is 4.98 Å². The molecule has 1 aliphatic rings. The van der Waals surface area contributed by atoms with Crippen LogP contribution in [0.25, 0.3) is 5.65 Å². The van der Waals surface area contributed by atoms with Gasteiger partial charge in [-0.2, -0.15) is 0 Å². The number of imidazole rings is 1. The van der Waals surface area contributed by atoms with Crippen LogP contribution < -0.4 is 5.32 Å². The summed E-state index contributed by atoms with van der Waals surface area (Å²) in [6.07, 6.45) is 8.91. The van der Waals surface area contributed by atoms with E-state index in [1.54, 1.807) is 0 Å². The molecule has 0 radical (unpaired) electrons. The maximum Gasteiger partial charge on any atom is 0.151 e. The second-order valence-corrected chi connectivity index (χ2v) is 10.0. The number of fused-ring (bicyclic) bond motifs is 1. The predicted molar refractivity (Wildman–Crippen MR) is 142 cm³/mol. The van der Waals surface area contributed by atoms with Crippen LogP contribution in [0.2, 0.25) is 0 Å². The van der Waals surface area contributed by atoms with Gasteiger partial charge in [0.15, 0.2) is 6.29 Å². The molecule has 0 unspecified atom stereocenters. The van der Waals surface area contributed by atoms with Gasteiger partial charge in [-0.05, 0) is 102 Å². The summed E-state index contributed by atoms with van der Waals surface area (Å²) in [7, 11) is 2.23. The van der Waals surface area contributed by atoms with Crippen molar-refractivity contribution in [2.24, 2.45) is 17.8 Å². The minimum atomic E-state index is 0.696. The van der Waals surface area contributed by atoms with Crippen molar-refractivity contribution in [3.05, 3.63) is 35.3 Å². The summed E-state index contributed by atoms with van der Waals surface area (Å²) in [5, 5.41) is 3.39. The van der Waals surface area contributed by atoms with Crippen LogP contribution in [0.4, 0.5) is 0 Å². The highest BCUT2D eigenvalue weighted by atomic mass is 16.1. The maximum atomic E-state index is 10.8. The Morgan fingerprint density at radius 1 is 1.09 bits per heavy atom. The van der Waals surface area contributed by atoms with Crippen molar-refractivity contribution >= 4 is 11.9 Å². The first-order chi connectivity index (χ1) is 15.8. The van der Waals surface area contributed by atoms with Crippen molar-refractivity contribution in [1.29, 1.82) is 0 Å². The minimum Gasteiger partial charge on any atom is -0.317 e. The summed E-state index contributed by atoms with van der Waals surface area (Å²) in [5.41, 5.74) is 3.97. The van der Waals surface area contributed by atoms with Crippen LogP contribution in [0, 0.1) is 24.7 Å². The summed E-state index contributed by atoms with van der Waals surface area (Å²) < 4.78 is 2.03. The molecule has 0 aliphatic carbocycles. The van der Waals surface area contributed by atoms with Gasteiger partial charge in [0.05, 0.1) is 5.69 Å². The molecule has 1 saturated heterocycles. The van der Waals surface area contributed by atoms with Gasteiger partial charge >= 0.3 is 0 Å². The number of piperidine rings is 1. The summed E-state index contributed by atoms with van der Waals surface area (Å²) in [5.74, 6) is 2.41. The first kappa shape index (κ1) is 29.3. The molecule has 0 amide bonds. The number of rotatable bonds is 9. The van der Waals surface area contributed by atoms with Crippen molar-refractivity contribution in [3.8, 4) is 0 Å². The number of carbonyl (C=O) groups is 1. The number of nitrogens with one attached hydrogen (secondary N) is 1. The lowest BCUT2D eigenvalue weighted by molar-refractivity contribution is 0.112. The molecule has 3 rings (SSSR count). The standard InChI is InChI=1S/C15H19N3O.C11H25N.C2H6/c1-11-14(8-12-4-6-16-7-5-12)17-15-3-2-13(10-19)9-18(11)15;1-10(2)6-8-12(5)9-7-11(3)4;1-2/h2-3,9-10,12,16H,4-8H2,1H3;10-11H,6-9H2,1-5H3;1-2H3. The molecule has 2 aromatic rings. The molecule has 33 heavy (non-hydrogen) atoms. The van der Waals surface area contributed by atoms with Gasteiger partial charge in [-0.3, -0.25) is 4.79 Å². The summed E-state index contributed by atoms with van der Waals surface area (Å²) >= 11 is 0. The highest BCUT2D eigenvalue weighted by molar-refractivity contribution is 5.75. The molecular formula is C28H50N4O. The molecule has 0 aromatic carbocycles. The third-order valence-corrected chi connectivity index (χ3v) is 6.23. The molecule has 5 heteroatoms. The monoisotopic (exact) mass is 458 g/mol. The predicted octanol–water partition coefficient (Wildman–Crippen LogP) is 6.03. The average Bonchev–Trinajstić information content (AvgIpc) is 3.13. The molecule has 0 atom stereocenters. The zero-order valence-electron chi connectivity index (χ0n) is 22.7. The van der Waals surface area contributed by atoms with Crippen LogP contribution in [0.5, 0.6) is 0 Å². The third kappa shape index (κ3) is 10.8. The molecule has 3 heterocycles. The zero-order chi connectivity index (χ0) is 24.8. The van der Waals surface area contributed by atoms with Gasteiger partial charge in [0.1, 0.15) is 5.65 Å². The quantitative estimate of drug-likeness (QED) is 0.466. The molecule has 1 aliphatic heterocycles. The molecule has 0 spiro atoms. The van der Waals surface area contributed by atoms with Gasteiger partial charge in [0, 0.05) is 17.5 Å². The fourth-order valence-electron chi connectivity index (χ4n) is 3.92. The molecule has 5 nitrogen and oxygen atoms in total. The molecule has 1 fully saturated rings. The van der Waals surface area contributed by atoms with Gasteiger partial charge in [-0.1, -0.05) is 41.5 Å². The van der Waals surface area contributed by atoms with E-state index in [-0.39, 0.29) is 0 Å². The first-order valence-electron chi connectivity index (χ1n) is 13.1. The SMILES string of the molecule is CC.CC(C)CCN(C)CCC(C)C.Cc1c(CC2CCNCC2)nc2ccc(C=O)cn12. The maximum absolute atomic E-state index is 10.8. The lowest BCUT2D eigenvalue weighted by atomic mass is 9.93. The fourth-order valence-corrected chi connectivity index (χ4v) is 3.92. The van der Waals surface area contributed by atoms with Crippen molar-refractivity contribution in [1.82, 2.24) is 19.6 Å². The number of hydrogen-bond donors (Lipinski definition) is 1. The number of nitrogens with zero attached hydrogens (tertiary/aromatic N) is 3. The normalized spacial score (nSPS) is 14.3. The fraction of sp³-hybridized carbons (Fsp3) is 0.714. The van der Waals surface area contributed by atoms with Crippen LogP contribution in [0.15, 0.2) is 18.3 Å². The van der Waals surface area contributed by atoms with E-state index in [9.17, 15) is 4.79 Å². The van der Waals surface area contributed by atoms with Crippen molar-refractivity contribution < 1.29 is 4.79 Å². The van der Waals surface area contributed by atoms with Gasteiger partial charge < -0.3 is 14.6 Å². The Balaban J connectivity index is 0.000000339. The Kier molecular flexibility index (Phi) is 14.2. The second-order valence-electron chi connectivity index (χ2n) is 10.0. The molecule has 2 aromatic heterocycles. The van der Waals surface area contributed by atoms with E-state index in [1.807, 2.05) is 36.6 Å². The molecule has 1 N–H and O–H groups in total. The molecular weight excluding hydrogens is 408 g/mol. The van der Waals surface area contributed by atoms with Crippen molar-refractivity contribution in [2.75, 3.05) is 33.2 Å². The first-order valence-corrected chi connectivity index (χ1v) is 13.1. The smallest absolute Gasteiger partial charge is 0.151 e. The van der Waals surface area contributed by atoms with E-state index in [1.165, 1.54) is 44.5 Å². The number of aldehydes is 1. The van der Waals surface area contributed by atoms with E-state index in [0.29, 0.717) is 5.56 Å². The Hall–Kier alpha value is -1.72. The van der Waals surface area contributed by atoms with E-state index in [2.05, 4.69) is 51.9 Å². The largest absolute Gasteiger partial charge is 0.317 e. The molecule has 0 saturated carbocycles. The Labute approximate surface area is 203 Å². The topological polar surface area (TPSA) is 49.6 Å². The second kappa shape index (κ2) is 16.0. The number of pyridine rings is 1. The number of aromatic nitrogens is 2. The molecule has 0 bridgehead atoms. The summed E-state index contributed by atoms with van der Waals surface area (Å²) in [6, 6.07) is 3.74. The number of aryl methyl sites for hydroxylation is 1. The Bertz CT molecular complexity index is 779. The van der Waals surface area contributed by atoms with Gasteiger partial charge in [0.2, 0.25) is 0 Å². The summed E-state index contributed by atoms with van der Waals surface area (Å²) in [6.45, 7) is 20.0. The van der Waals surface area contributed by atoms with Gasteiger partial charge in [-0.25, -0.2) is 4.98 Å². The van der Waals surface area contributed by atoms with Crippen LogP contribution in [0.1, 0.15) is 89.0 Å². The van der Waals surface area contributed by atoms with Gasteiger partial charge in [0.25, 0.3) is 0 Å². The highest BCUT2D eigenvalue weighted by Crippen LogP contribution is 2.21. The minimum absolute atomic E-state index is 0.696. The number of carbonyl (C=O) groups excluding carboxylic acids is 1. The number of hydrogen-bond acceptors (Lipinski definition) is 4. The molecule has 188 valence electrons. The van der Waals surface area contributed by atoms with E-state index < -0.39 is 0 Å². The summed E-state index contributed by atoms with van der Waals surface area (Å²) in [4.78, 5) is 18.0. The van der Waals surface area contributed by atoms with Crippen molar-refractivity contribution in [3.63, 3.8) is 0 Å². The van der Waals surface area contributed by atoms with Gasteiger partial charge in [-0.15, -0.1) is 0 Å². The van der Waals surface area contributed by atoms with Crippen LogP contribution >= 0.6 is 0 Å². The van der Waals surface area contributed by atoms with Crippen LogP contribution in [-0.2, 0) is 6.42 Å². The average molecular weight is 459 g/mol. The van der Waals surface area contributed by atoms with Crippen LogP contribution in [0.3, 0.4) is 0 Å². The van der Waals surface area contributed by atoms with Crippen molar-refractivity contribution in [2.45, 2.75) is 80.6 Å².